The van der Waals surface area contributed by atoms with Crippen molar-refractivity contribution < 1.29 is 17.9 Å². The van der Waals surface area contributed by atoms with Crippen LogP contribution in [0.1, 0.15) is 61.1 Å². The number of alkyl halides is 3. The first-order valence-corrected chi connectivity index (χ1v) is 11.2. The van der Waals surface area contributed by atoms with Gasteiger partial charge >= 0.3 is 6.18 Å². The highest BCUT2D eigenvalue weighted by molar-refractivity contribution is 7.10. The molecule has 2 fully saturated rings. The van der Waals surface area contributed by atoms with Gasteiger partial charge in [0, 0.05) is 35.3 Å². The summed E-state index contributed by atoms with van der Waals surface area (Å²) in [6.07, 6.45) is 4.85. The van der Waals surface area contributed by atoms with Crippen LogP contribution in [0.15, 0.2) is 35.8 Å². The van der Waals surface area contributed by atoms with Crippen LogP contribution in [-0.4, -0.2) is 23.7 Å². The first kappa shape index (κ1) is 20.8. The van der Waals surface area contributed by atoms with Crippen molar-refractivity contribution in [3.05, 3.63) is 52.0 Å². The molecule has 1 atom stereocenters. The zero-order valence-electron chi connectivity index (χ0n) is 16.4. The fraction of sp³-hybridized carbons (Fsp3) is 0.591. The molecular formula is C22H27F3N2OS. The molecule has 0 amide bonds. The summed E-state index contributed by atoms with van der Waals surface area (Å²) in [7, 11) is 0. The summed E-state index contributed by atoms with van der Waals surface area (Å²) >= 11 is 1.16. The van der Waals surface area contributed by atoms with E-state index in [1.165, 1.54) is 24.3 Å². The number of pyridine rings is 1. The Morgan fingerprint density at radius 1 is 1.14 bits per heavy atom. The maximum absolute atomic E-state index is 13.1. The third kappa shape index (κ3) is 4.52. The van der Waals surface area contributed by atoms with Gasteiger partial charge in [-0.05, 0) is 62.2 Å². The number of halogens is 3. The van der Waals surface area contributed by atoms with Crippen molar-refractivity contribution in [1.82, 2.24) is 10.3 Å². The molecule has 1 saturated carbocycles. The summed E-state index contributed by atoms with van der Waals surface area (Å²) < 4.78 is 45.5. The predicted molar refractivity (Wildman–Crippen MR) is 108 cm³/mol. The van der Waals surface area contributed by atoms with Crippen LogP contribution in [0.3, 0.4) is 0 Å². The Kier molecular flexibility index (Phi) is 6.00. The molecule has 1 saturated heterocycles. The maximum atomic E-state index is 13.1. The number of aromatic nitrogens is 1. The highest BCUT2D eigenvalue weighted by Crippen LogP contribution is 2.49. The molecule has 3 nitrogen and oxygen atoms in total. The van der Waals surface area contributed by atoms with Gasteiger partial charge in [0.25, 0.3) is 0 Å². The highest BCUT2D eigenvalue weighted by Gasteiger charge is 2.48. The molecule has 4 rings (SSSR count). The van der Waals surface area contributed by atoms with Crippen LogP contribution in [-0.2, 0) is 22.9 Å². The van der Waals surface area contributed by atoms with E-state index in [0.717, 1.165) is 55.7 Å². The van der Waals surface area contributed by atoms with Gasteiger partial charge in [0.15, 0.2) is 0 Å². The van der Waals surface area contributed by atoms with Gasteiger partial charge < -0.3 is 10.1 Å². The van der Waals surface area contributed by atoms with Crippen LogP contribution in [0.2, 0.25) is 0 Å². The molecular weight excluding hydrogens is 397 g/mol. The zero-order chi connectivity index (χ0) is 20.4. The minimum absolute atomic E-state index is 0.0486. The summed E-state index contributed by atoms with van der Waals surface area (Å²) in [5, 5.41) is 4.77. The molecule has 2 aromatic heterocycles. The summed E-state index contributed by atoms with van der Waals surface area (Å²) in [6, 6.07) is 7.21. The van der Waals surface area contributed by atoms with Crippen molar-refractivity contribution in [2.45, 2.75) is 68.7 Å². The molecule has 1 N–H and O–H groups in total. The van der Waals surface area contributed by atoms with Crippen molar-refractivity contribution in [3.8, 4) is 0 Å². The fourth-order valence-corrected chi connectivity index (χ4v) is 5.92. The molecule has 158 valence electrons. The second-order valence-electron chi connectivity index (χ2n) is 8.34. The van der Waals surface area contributed by atoms with Gasteiger partial charge in [-0.3, -0.25) is 4.98 Å². The molecule has 3 heterocycles. The molecule has 1 aliphatic carbocycles. The first-order valence-electron chi connectivity index (χ1n) is 10.3. The van der Waals surface area contributed by atoms with Gasteiger partial charge in [-0.25, -0.2) is 0 Å². The average Bonchev–Trinajstić information content (AvgIpc) is 3.36. The monoisotopic (exact) mass is 424 g/mol. The number of hydrogen-bond acceptors (Lipinski definition) is 4. The Labute approximate surface area is 173 Å². The number of nitrogens with zero attached hydrogens (tertiary/aromatic N) is 1. The van der Waals surface area contributed by atoms with Gasteiger partial charge in [0.2, 0.25) is 0 Å². The largest absolute Gasteiger partial charge is 0.417 e. The lowest BCUT2D eigenvalue weighted by Gasteiger charge is -2.46. The third-order valence-corrected chi connectivity index (χ3v) is 7.41. The van der Waals surface area contributed by atoms with E-state index < -0.39 is 11.7 Å². The first-order chi connectivity index (χ1) is 13.9. The van der Waals surface area contributed by atoms with Gasteiger partial charge in [-0.1, -0.05) is 18.9 Å². The van der Waals surface area contributed by atoms with Crippen LogP contribution in [0.25, 0.3) is 0 Å². The summed E-state index contributed by atoms with van der Waals surface area (Å²) in [5.41, 5.74) is 0.431. The summed E-state index contributed by atoms with van der Waals surface area (Å²) in [6.45, 7) is 1.62. The van der Waals surface area contributed by atoms with Crippen LogP contribution in [0.5, 0.6) is 0 Å². The van der Waals surface area contributed by atoms with Gasteiger partial charge in [-0.15, -0.1) is 11.3 Å². The van der Waals surface area contributed by atoms with Crippen molar-refractivity contribution >= 4 is 11.3 Å². The van der Waals surface area contributed by atoms with Crippen molar-refractivity contribution in [3.63, 3.8) is 0 Å². The SMILES string of the molecule is FC(F)(F)c1ccsc1CNCCC1(c2ccccn2)CCOC2(CCCC2)C1. The average molecular weight is 425 g/mol. The van der Waals surface area contributed by atoms with E-state index in [1.807, 2.05) is 18.3 Å². The number of hydrogen-bond donors (Lipinski definition) is 1. The molecule has 0 radical (unpaired) electrons. The van der Waals surface area contributed by atoms with E-state index in [9.17, 15) is 13.2 Å². The predicted octanol–water partition coefficient (Wildman–Crippen LogP) is 5.70. The van der Waals surface area contributed by atoms with E-state index in [1.54, 1.807) is 0 Å². The quantitative estimate of drug-likeness (QED) is 0.604. The summed E-state index contributed by atoms with van der Waals surface area (Å²) in [5.74, 6) is 0. The minimum Gasteiger partial charge on any atom is -0.375 e. The zero-order valence-corrected chi connectivity index (χ0v) is 17.2. The van der Waals surface area contributed by atoms with Crippen molar-refractivity contribution in [1.29, 1.82) is 0 Å². The minimum atomic E-state index is -4.29. The van der Waals surface area contributed by atoms with Crippen molar-refractivity contribution in [2.24, 2.45) is 0 Å². The Morgan fingerprint density at radius 3 is 2.69 bits per heavy atom. The molecule has 1 aliphatic heterocycles. The third-order valence-electron chi connectivity index (χ3n) is 6.49. The van der Waals surface area contributed by atoms with Crippen LogP contribution < -0.4 is 5.32 Å². The number of nitrogens with one attached hydrogen (secondary N) is 1. The van der Waals surface area contributed by atoms with Crippen molar-refractivity contribution in [2.75, 3.05) is 13.2 Å². The molecule has 2 aromatic rings. The number of ether oxygens (including phenoxy) is 1. The van der Waals surface area contributed by atoms with E-state index in [2.05, 4.69) is 16.4 Å². The van der Waals surface area contributed by atoms with E-state index in [0.29, 0.717) is 11.4 Å². The number of rotatable bonds is 6. The molecule has 1 unspecified atom stereocenters. The van der Waals surface area contributed by atoms with Crippen LogP contribution in [0, 0.1) is 0 Å². The van der Waals surface area contributed by atoms with Gasteiger partial charge in [0.1, 0.15) is 0 Å². The Bertz CT molecular complexity index is 802. The Balaban J connectivity index is 1.45. The maximum Gasteiger partial charge on any atom is 0.417 e. The smallest absolute Gasteiger partial charge is 0.375 e. The van der Waals surface area contributed by atoms with Gasteiger partial charge in [-0.2, -0.15) is 13.2 Å². The van der Waals surface area contributed by atoms with E-state index >= 15 is 0 Å². The van der Waals surface area contributed by atoms with E-state index in [4.69, 9.17) is 4.74 Å². The Hall–Kier alpha value is -1.44. The molecule has 0 aromatic carbocycles. The normalized spacial score (nSPS) is 24.2. The lowest BCUT2D eigenvalue weighted by Crippen LogP contribution is -2.47. The molecule has 7 heteroatoms. The van der Waals surface area contributed by atoms with Crippen LogP contribution in [0.4, 0.5) is 13.2 Å². The Morgan fingerprint density at radius 2 is 1.97 bits per heavy atom. The number of thiophene rings is 1. The van der Waals surface area contributed by atoms with Crippen LogP contribution >= 0.6 is 11.3 Å². The molecule has 1 spiro atoms. The fourth-order valence-electron chi connectivity index (χ4n) is 5.06. The molecule has 0 bridgehead atoms. The topological polar surface area (TPSA) is 34.2 Å². The van der Waals surface area contributed by atoms with Gasteiger partial charge in [0.05, 0.1) is 11.2 Å². The highest BCUT2D eigenvalue weighted by atomic mass is 32.1. The molecule has 29 heavy (non-hydrogen) atoms. The van der Waals surface area contributed by atoms with E-state index in [-0.39, 0.29) is 17.6 Å². The second-order valence-corrected chi connectivity index (χ2v) is 9.34. The molecule has 2 aliphatic rings. The lowest BCUT2D eigenvalue weighted by atomic mass is 9.68. The lowest BCUT2D eigenvalue weighted by molar-refractivity contribution is -0.137. The summed E-state index contributed by atoms with van der Waals surface area (Å²) in [4.78, 5) is 5.02. The second kappa shape index (κ2) is 8.36. The standard InChI is InChI=1S/C22H27F3N2OS/c23-22(24,25)17-6-14-29-18(17)15-26-12-9-20(19-5-1-4-11-27-19)10-13-28-21(16-20)7-2-3-8-21/h1,4-6,11,14,26H,2-3,7-10,12-13,15-16H2.